The highest BCUT2D eigenvalue weighted by Crippen LogP contribution is 2.37. The number of rotatable bonds is 15. The van der Waals surface area contributed by atoms with Gasteiger partial charge in [-0.1, -0.05) is 325 Å². The summed E-state index contributed by atoms with van der Waals surface area (Å²) in [5, 5.41) is 0. The zero-order chi connectivity index (χ0) is 77.7. The van der Waals surface area contributed by atoms with E-state index < -0.39 is 0 Å². The lowest BCUT2D eigenvalue weighted by Crippen LogP contribution is -1.92. The van der Waals surface area contributed by atoms with Crippen molar-refractivity contribution in [2.45, 2.75) is 41.5 Å². The summed E-state index contributed by atoms with van der Waals surface area (Å²) in [4.78, 5) is 29.5. The van der Waals surface area contributed by atoms with E-state index >= 15 is 0 Å². The molecule has 6 heterocycles. The fraction of sp³-hybridized carbons (Fsp3) is 0.0556. The average molecular weight is 1470 g/mol. The fourth-order valence-electron chi connectivity index (χ4n) is 14.3. The maximum Gasteiger partial charge on any atom is 0.0893 e. The molecule has 0 bridgehead atoms. The molecule has 6 aromatic heterocycles. The maximum atomic E-state index is 5.01. The molecule has 0 N–H and O–H groups in total. The van der Waals surface area contributed by atoms with Crippen LogP contribution in [0.25, 0.3) is 168 Å². The van der Waals surface area contributed by atoms with Crippen molar-refractivity contribution in [3.8, 4) is 168 Å². The van der Waals surface area contributed by atoms with Crippen molar-refractivity contribution < 1.29 is 0 Å². The van der Waals surface area contributed by atoms with Crippen LogP contribution in [-0.4, -0.2) is 29.9 Å². The fourth-order valence-corrected chi connectivity index (χ4v) is 14.3. The molecule has 546 valence electrons. The Morgan fingerprint density at radius 2 is 0.404 bits per heavy atom. The summed E-state index contributed by atoms with van der Waals surface area (Å²) in [6, 6.07) is 136. The lowest BCUT2D eigenvalue weighted by molar-refractivity contribution is 1.24. The molecule has 0 unspecified atom stereocenters. The van der Waals surface area contributed by atoms with Gasteiger partial charge in [-0.2, -0.15) is 0 Å². The summed E-state index contributed by atoms with van der Waals surface area (Å²) in [5.74, 6) is 0. The Kier molecular flexibility index (Phi) is 22.1. The van der Waals surface area contributed by atoms with Crippen molar-refractivity contribution in [3.63, 3.8) is 0 Å². The molecule has 0 fully saturated rings. The van der Waals surface area contributed by atoms with Crippen molar-refractivity contribution in [3.05, 3.63) is 434 Å². The van der Waals surface area contributed by atoms with E-state index in [0.717, 1.165) is 95.9 Å². The van der Waals surface area contributed by atoms with Crippen LogP contribution in [-0.2, 0) is 0 Å². The number of hydrogen-bond acceptors (Lipinski definition) is 6. The monoisotopic (exact) mass is 1460 g/mol. The van der Waals surface area contributed by atoms with Gasteiger partial charge in [-0.3, -0.25) is 9.97 Å². The largest absolute Gasteiger partial charge is 0.254 e. The Bertz CT molecular complexity index is 6040. The minimum atomic E-state index is 0.861. The van der Waals surface area contributed by atoms with Gasteiger partial charge in [-0.25, -0.2) is 19.9 Å². The SMILES string of the molecule is Cc1ccc(-c2cccc(-c3cccc(-c4cccc(-c5cccc(-c6ccc(C)cc6)c5)n4)n3)c2)cc1.Cc1ccc(C)c(-c2ccc(-c3ccc(-c4cc(-c5ccccc5)cc(-c5ccccc5)c4)cn3)nc2)c1.Cc1cccc(-c2ccc(-c3cccc(-c4cccc(-c5ccc(-c6cccc(C)c6)cc5)n4)n3)cc2)c1. The van der Waals surface area contributed by atoms with Crippen molar-refractivity contribution in [2.75, 3.05) is 0 Å². The molecule has 6 nitrogen and oxygen atoms in total. The number of benzene rings is 12. The third-order valence-corrected chi connectivity index (χ3v) is 20.6. The minimum Gasteiger partial charge on any atom is -0.254 e. The third kappa shape index (κ3) is 17.7. The molecule has 12 aromatic carbocycles. The predicted molar refractivity (Wildman–Crippen MR) is 476 cm³/mol. The molecule has 0 saturated carbocycles. The number of pyridine rings is 6. The lowest BCUT2D eigenvalue weighted by Gasteiger charge is -2.12. The van der Waals surface area contributed by atoms with Crippen molar-refractivity contribution >= 4 is 0 Å². The summed E-state index contributed by atoms with van der Waals surface area (Å²) >= 11 is 0. The van der Waals surface area contributed by atoms with Crippen molar-refractivity contribution in [1.29, 1.82) is 0 Å². The normalized spacial score (nSPS) is 10.9. The second kappa shape index (κ2) is 34.2. The summed E-state index contributed by atoms with van der Waals surface area (Å²) in [6.45, 7) is 12.7. The smallest absolute Gasteiger partial charge is 0.0893 e. The van der Waals surface area contributed by atoms with E-state index in [-0.39, 0.29) is 0 Å². The summed E-state index contributed by atoms with van der Waals surface area (Å²) in [5.41, 5.74) is 39.8. The second-order valence-electron chi connectivity index (χ2n) is 29.1. The lowest BCUT2D eigenvalue weighted by atomic mass is 9.94. The number of hydrogen-bond donors (Lipinski definition) is 0. The Morgan fingerprint density at radius 3 is 0.781 bits per heavy atom. The van der Waals surface area contributed by atoms with Crippen LogP contribution in [0.3, 0.4) is 0 Å². The predicted octanol–water partition coefficient (Wildman–Crippen LogP) is 28.3. The topological polar surface area (TPSA) is 77.3 Å². The molecule has 0 atom stereocenters. The highest BCUT2D eigenvalue weighted by atomic mass is 14.8. The van der Waals surface area contributed by atoms with E-state index in [1.165, 1.54) is 106 Å². The highest BCUT2D eigenvalue weighted by molar-refractivity contribution is 5.83. The van der Waals surface area contributed by atoms with Crippen LogP contribution in [0.1, 0.15) is 33.4 Å². The number of nitrogens with zero attached hydrogens (tertiary/aromatic N) is 6. The van der Waals surface area contributed by atoms with Crippen LogP contribution in [0.5, 0.6) is 0 Å². The molecule has 0 saturated heterocycles. The Hall–Kier alpha value is -14.5. The van der Waals surface area contributed by atoms with E-state index in [1.54, 1.807) is 0 Å². The molecule has 0 aliphatic rings. The molecular weight excluding hydrogens is 1380 g/mol. The quantitative estimate of drug-likeness (QED) is 0.102. The Balaban J connectivity index is 0.000000129. The van der Waals surface area contributed by atoms with E-state index in [2.05, 4.69) is 406 Å². The van der Waals surface area contributed by atoms with Gasteiger partial charge in [0, 0.05) is 45.8 Å². The molecule has 6 heteroatoms. The molecular formula is C108H84N6. The first-order valence-corrected chi connectivity index (χ1v) is 38.7. The van der Waals surface area contributed by atoms with Crippen molar-refractivity contribution in [1.82, 2.24) is 29.9 Å². The van der Waals surface area contributed by atoms with Gasteiger partial charge in [-0.05, 0) is 216 Å². The Labute approximate surface area is 669 Å². The first-order valence-electron chi connectivity index (χ1n) is 38.7. The zero-order valence-electron chi connectivity index (χ0n) is 64.8. The summed E-state index contributed by atoms with van der Waals surface area (Å²) in [6.07, 6.45) is 3.90. The molecule has 0 aliphatic heterocycles. The van der Waals surface area contributed by atoms with Crippen LogP contribution in [0, 0.1) is 41.5 Å². The molecule has 0 spiro atoms. The second-order valence-corrected chi connectivity index (χ2v) is 29.1. The maximum absolute atomic E-state index is 5.01. The van der Waals surface area contributed by atoms with Gasteiger partial charge in [0.05, 0.1) is 56.9 Å². The number of aryl methyl sites for hydroxylation is 6. The molecule has 18 aromatic rings. The van der Waals surface area contributed by atoms with Crippen molar-refractivity contribution in [2.24, 2.45) is 0 Å². The van der Waals surface area contributed by atoms with Crippen LogP contribution in [0.15, 0.2) is 401 Å². The van der Waals surface area contributed by atoms with Gasteiger partial charge < -0.3 is 0 Å². The van der Waals surface area contributed by atoms with E-state index in [9.17, 15) is 0 Å². The van der Waals surface area contributed by atoms with Crippen LogP contribution in [0.4, 0.5) is 0 Å². The van der Waals surface area contributed by atoms with Gasteiger partial charge >= 0.3 is 0 Å². The molecule has 0 radical (unpaired) electrons. The highest BCUT2D eigenvalue weighted by Gasteiger charge is 2.15. The zero-order valence-corrected chi connectivity index (χ0v) is 64.8. The van der Waals surface area contributed by atoms with Gasteiger partial charge in [0.25, 0.3) is 0 Å². The molecule has 0 amide bonds. The van der Waals surface area contributed by atoms with Gasteiger partial charge in [0.2, 0.25) is 0 Å². The summed E-state index contributed by atoms with van der Waals surface area (Å²) in [7, 11) is 0. The van der Waals surface area contributed by atoms with Gasteiger partial charge in [0.1, 0.15) is 0 Å². The average Bonchev–Trinajstić information content (AvgIpc) is 0.803. The number of aromatic nitrogens is 6. The van der Waals surface area contributed by atoms with Gasteiger partial charge in [0.15, 0.2) is 0 Å². The molecule has 0 aliphatic carbocycles. The minimum absolute atomic E-state index is 0.861. The van der Waals surface area contributed by atoms with Crippen LogP contribution in [0.2, 0.25) is 0 Å². The van der Waals surface area contributed by atoms with E-state index in [0.29, 0.717) is 0 Å². The first-order chi connectivity index (χ1) is 55.9. The Morgan fingerprint density at radius 1 is 0.140 bits per heavy atom. The van der Waals surface area contributed by atoms with E-state index in [1.807, 2.05) is 36.7 Å². The van der Waals surface area contributed by atoms with Gasteiger partial charge in [-0.15, -0.1) is 0 Å². The molecule has 114 heavy (non-hydrogen) atoms. The van der Waals surface area contributed by atoms with E-state index in [4.69, 9.17) is 29.9 Å². The third-order valence-electron chi connectivity index (χ3n) is 20.6. The standard InChI is InChI=1S/3C36H28N2/c1-25-15-19-27(20-16-25)29-7-3-9-31(23-29)33-11-5-13-35(37-33)36-14-6-12-34(38-36)32-10-4-8-30(24-32)28-21-17-26(2)18-22-28;1-25-7-3-9-31(23-25)27-15-19-29(20-16-27)33-11-5-13-35(37-33)36-14-6-12-34(38-36)30-21-17-28(18-22-30)32-10-4-8-26(2)24-32;1-25-13-14-26(2)34(19-25)30-16-18-36(38-24-30)35-17-15-29(23-37-35)33-21-31(27-9-5-3-6-10-27)20-32(22-33)28-11-7-4-8-12-28/h3*3-24H,1-2H3. The first kappa shape index (κ1) is 73.7. The molecule has 18 rings (SSSR count). The van der Waals surface area contributed by atoms with Crippen LogP contribution < -0.4 is 0 Å². The van der Waals surface area contributed by atoms with Crippen LogP contribution >= 0.6 is 0 Å². The summed E-state index contributed by atoms with van der Waals surface area (Å²) < 4.78 is 0.